The molecular weight excluding hydrogens is 258 g/mol. The number of hydrogen-bond acceptors (Lipinski definition) is 2. The maximum atomic E-state index is 4.65. The molecule has 4 rings (SSSR count). The summed E-state index contributed by atoms with van der Waals surface area (Å²) < 4.78 is 0. The average molecular weight is 283 g/mol. The van der Waals surface area contributed by atoms with Gasteiger partial charge in [-0.05, 0) is 56.1 Å². The van der Waals surface area contributed by atoms with Crippen molar-refractivity contribution in [3.05, 3.63) is 30.1 Å². The third-order valence-corrected chi connectivity index (χ3v) is 5.71. The van der Waals surface area contributed by atoms with Gasteiger partial charge in [0, 0.05) is 6.04 Å². The molecule has 1 aromatic carbocycles. The summed E-state index contributed by atoms with van der Waals surface area (Å²) in [4.78, 5) is 8.06. The quantitative estimate of drug-likeness (QED) is 0.888. The second-order valence-corrected chi connectivity index (χ2v) is 7.06. The highest BCUT2D eigenvalue weighted by atomic mass is 15.0. The maximum Gasteiger partial charge on any atom is 0.121 e. The van der Waals surface area contributed by atoms with Gasteiger partial charge >= 0.3 is 0 Å². The van der Waals surface area contributed by atoms with Gasteiger partial charge in [0.05, 0.1) is 17.6 Å². The van der Waals surface area contributed by atoms with E-state index < -0.39 is 0 Å². The molecule has 0 unspecified atom stereocenters. The van der Waals surface area contributed by atoms with E-state index in [-0.39, 0.29) is 0 Å². The molecule has 3 heteroatoms. The summed E-state index contributed by atoms with van der Waals surface area (Å²) in [6.45, 7) is 0.867. The highest BCUT2D eigenvalue weighted by Crippen LogP contribution is 2.48. The second kappa shape index (κ2) is 5.45. The Morgan fingerprint density at radius 1 is 1.10 bits per heavy atom. The highest BCUT2D eigenvalue weighted by Gasteiger charge is 2.37. The first-order valence-electron chi connectivity index (χ1n) is 8.50. The van der Waals surface area contributed by atoms with Crippen molar-refractivity contribution in [2.24, 2.45) is 5.41 Å². The molecule has 2 saturated carbocycles. The minimum atomic E-state index is 0.685. The smallest absolute Gasteiger partial charge is 0.121 e. The summed E-state index contributed by atoms with van der Waals surface area (Å²) in [5.41, 5.74) is 2.95. The van der Waals surface area contributed by atoms with Crippen molar-refractivity contribution in [2.75, 3.05) is 0 Å². The molecule has 0 radical (unpaired) electrons. The van der Waals surface area contributed by atoms with Crippen LogP contribution in [-0.2, 0) is 6.54 Å². The van der Waals surface area contributed by atoms with Gasteiger partial charge in [-0.25, -0.2) is 4.98 Å². The number of nitrogens with zero attached hydrogens (tertiary/aromatic N) is 1. The average Bonchev–Trinajstić information content (AvgIpc) is 3.13. The fourth-order valence-electron chi connectivity index (χ4n) is 4.39. The van der Waals surface area contributed by atoms with Gasteiger partial charge in [0.15, 0.2) is 0 Å². The van der Waals surface area contributed by atoms with E-state index >= 15 is 0 Å². The number of para-hydroxylation sites is 2. The lowest BCUT2D eigenvalue weighted by atomic mass is 9.71. The van der Waals surface area contributed by atoms with Crippen molar-refractivity contribution in [3.8, 4) is 0 Å². The lowest BCUT2D eigenvalue weighted by Gasteiger charge is -2.37. The summed E-state index contributed by atoms with van der Waals surface area (Å²) in [6, 6.07) is 8.95. The molecule has 1 spiro atoms. The van der Waals surface area contributed by atoms with E-state index in [1.807, 2.05) is 6.07 Å². The van der Waals surface area contributed by atoms with Crippen molar-refractivity contribution in [2.45, 2.75) is 64.0 Å². The number of nitrogens with one attached hydrogen (secondary N) is 2. The fraction of sp³-hybridized carbons (Fsp3) is 0.611. The van der Waals surface area contributed by atoms with Crippen LogP contribution >= 0.6 is 0 Å². The Labute approximate surface area is 126 Å². The van der Waals surface area contributed by atoms with Crippen LogP contribution in [0, 0.1) is 5.41 Å². The zero-order valence-electron chi connectivity index (χ0n) is 12.7. The number of fused-ring (bicyclic) bond motifs is 1. The third-order valence-electron chi connectivity index (χ3n) is 5.71. The minimum absolute atomic E-state index is 0.685. The van der Waals surface area contributed by atoms with Crippen LogP contribution < -0.4 is 5.32 Å². The molecule has 0 atom stereocenters. The molecule has 0 bridgehead atoms. The largest absolute Gasteiger partial charge is 0.341 e. The molecule has 2 aromatic rings. The summed E-state index contributed by atoms with van der Waals surface area (Å²) >= 11 is 0. The Kier molecular flexibility index (Phi) is 3.46. The van der Waals surface area contributed by atoms with Gasteiger partial charge < -0.3 is 10.3 Å². The van der Waals surface area contributed by atoms with Crippen molar-refractivity contribution in [3.63, 3.8) is 0 Å². The van der Waals surface area contributed by atoms with Crippen LogP contribution in [0.25, 0.3) is 11.0 Å². The molecule has 0 amide bonds. The van der Waals surface area contributed by atoms with E-state index in [9.17, 15) is 0 Å². The molecule has 1 heterocycles. The van der Waals surface area contributed by atoms with Gasteiger partial charge in [0.1, 0.15) is 5.82 Å². The number of rotatable bonds is 3. The predicted molar refractivity (Wildman–Crippen MR) is 86.1 cm³/mol. The van der Waals surface area contributed by atoms with Gasteiger partial charge in [-0.2, -0.15) is 0 Å². The van der Waals surface area contributed by atoms with E-state index in [1.165, 1.54) is 51.4 Å². The van der Waals surface area contributed by atoms with Crippen LogP contribution in [0.4, 0.5) is 0 Å². The molecule has 0 saturated heterocycles. The first kappa shape index (κ1) is 13.3. The van der Waals surface area contributed by atoms with Crippen LogP contribution in [0.1, 0.15) is 57.2 Å². The standard InChI is InChI=1S/C18H25N3/c1-2-6-16-15(5-1)20-17(21-16)13-19-14-7-11-18(12-8-14)9-3-4-10-18/h1-2,5-6,14,19H,3-4,7-13H2,(H,20,21). The Balaban J connectivity index is 1.33. The Bertz CT molecular complexity index is 567. The Morgan fingerprint density at radius 3 is 2.62 bits per heavy atom. The highest BCUT2D eigenvalue weighted by molar-refractivity contribution is 5.74. The molecule has 2 N–H and O–H groups in total. The van der Waals surface area contributed by atoms with Gasteiger partial charge in [-0.1, -0.05) is 25.0 Å². The van der Waals surface area contributed by atoms with Gasteiger partial charge in [0.25, 0.3) is 0 Å². The monoisotopic (exact) mass is 283 g/mol. The van der Waals surface area contributed by atoms with Crippen LogP contribution in [-0.4, -0.2) is 16.0 Å². The molecule has 112 valence electrons. The second-order valence-electron chi connectivity index (χ2n) is 7.06. The van der Waals surface area contributed by atoms with Crippen molar-refractivity contribution in [1.29, 1.82) is 0 Å². The van der Waals surface area contributed by atoms with Gasteiger partial charge in [0.2, 0.25) is 0 Å². The predicted octanol–water partition coefficient (Wildman–Crippen LogP) is 4.16. The normalized spacial score (nSPS) is 22.3. The fourth-order valence-corrected chi connectivity index (χ4v) is 4.39. The topological polar surface area (TPSA) is 40.7 Å². The molecule has 2 aliphatic rings. The summed E-state index contributed by atoms with van der Waals surface area (Å²) in [5.74, 6) is 1.07. The zero-order chi connectivity index (χ0) is 14.1. The van der Waals surface area contributed by atoms with E-state index in [4.69, 9.17) is 0 Å². The first-order chi connectivity index (χ1) is 10.3. The Morgan fingerprint density at radius 2 is 1.86 bits per heavy atom. The molecular formula is C18H25N3. The van der Waals surface area contributed by atoms with Crippen molar-refractivity contribution in [1.82, 2.24) is 15.3 Å². The summed E-state index contributed by atoms with van der Waals surface area (Å²) in [5, 5.41) is 3.71. The number of H-pyrrole nitrogens is 1. The van der Waals surface area contributed by atoms with Crippen molar-refractivity contribution < 1.29 is 0 Å². The molecule has 21 heavy (non-hydrogen) atoms. The SMILES string of the molecule is c1ccc2[nH]c(CNC3CCC4(CCCC4)CC3)nc2c1. The van der Waals surface area contributed by atoms with E-state index in [1.54, 1.807) is 0 Å². The number of benzene rings is 1. The summed E-state index contributed by atoms with van der Waals surface area (Å²) in [7, 11) is 0. The first-order valence-corrected chi connectivity index (χ1v) is 8.50. The number of hydrogen-bond donors (Lipinski definition) is 2. The molecule has 2 fully saturated rings. The number of aromatic nitrogens is 2. The molecule has 3 nitrogen and oxygen atoms in total. The zero-order valence-corrected chi connectivity index (χ0v) is 12.7. The minimum Gasteiger partial charge on any atom is -0.341 e. The van der Waals surface area contributed by atoms with Crippen LogP contribution in [0.15, 0.2) is 24.3 Å². The van der Waals surface area contributed by atoms with Crippen molar-refractivity contribution >= 4 is 11.0 Å². The molecule has 1 aromatic heterocycles. The molecule has 0 aliphatic heterocycles. The van der Waals surface area contributed by atoms with Crippen LogP contribution in [0.5, 0.6) is 0 Å². The van der Waals surface area contributed by atoms with Gasteiger partial charge in [-0.15, -0.1) is 0 Å². The lowest BCUT2D eigenvalue weighted by Crippen LogP contribution is -2.36. The summed E-state index contributed by atoms with van der Waals surface area (Å²) in [6.07, 6.45) is 11.5. The maximum absolute atomic E-state index is 4.65. The third kappa shape index (κ3) is 2.71. The number of imidazole rings is 1. The van der Waals surface area contributed by atoms with Crippen LogP contribution in [0.3, 0.4) is 0 Å². The van der Waals surface area contributed by atoms with E-state index in [0.717, 1.165) is 28.8 Å². The van der Waals surface area contributed by atoms with Gasteiger partial charge in [-0.3, -0.25) is 0 Å². The van der Waals surface area contributed by atoms with Crippen LogP contribution in [0.2, 0.25) is 0 Å². The number of aromatic amines is 1. The Hall–Kier alpha value is -1.35. The van der Waals surface area contributed by atoms with E-state index in [0.29, 0.717) is 6.04 Å². The van der Waals surface area contributed by atoms with E-state index in [2.05, 4.69) is 33.5 Å². The lowest BCUT2D eigenvalue weighted by molar-refractivity contribution is 0.168. The molecule has 2 aliphatic carbocycles.